The van der Waals surface area contributed by atoms with Crippen LogP contribution in [0.25, 0.3) is 0 Å². The molecule has 1 aliphatic rings. The van der Waals surface area contributed by atoms with E-state index in [1.165, 1.54) is 18.2 Å². The smallest absolute Gasteiger partial charge is 0.320 e. The molecular formula is C10H8BrFN2O2. The van der Waals surface area contributed by atoms with Crippen molar-refractivity contribution in [1.29, 1.82) is 0 Å². The number of halogens is 2. The topological polar surface area (TPSA) is 58.2 Å². The molecule has 84 valence electrons. The van der Waals surface area contributed by atoms with Crippen molar-refractivity contribution in [2.45, 2.75) is 12.5 Å². The first-order chi connectivity index (χ1) is 7.43. The largest absolute Gasteiger partial charge is 0.322 e. The van der Waals surface area contributed by atoms with E-state index in [1.807, 2.05) is 0 Å². The number of rotatable bonds is 1. The van der Waals surface area contributed by atoms with Crippen molar-refractivity contribution in [2.75, 3.05) is 0 Å². The van der Waals surface area contributed by atoms with Crippen LogP contribution in [0.15, 0.2) is 22.7 Å². The fourth-order valence-corrected chi connectivity index (χ4v) is 1.93. The molecule has 0 spiro atoms. The van der Waals surface area contributed by atoms with Gasteiger partial charge in [0.05, 0.1) is 4.47 Å². The van der Waals surface area contributed by atoms with Crippen molar-refractivity contribution in [3.8, 4) is 0 Å². The van der Waals surface area contributed by atoms with Gasteiger partial charge in [0, 0.05) is 0 Å². The third kappa shape index (κ3) is 1.59. The lowest BCUT2D eigenvalue weighted by atomic mass is 9.92. The lowest BCUT2D eigenvalue weighted by Crippen LogP contribution is -2.40. The first kappa shape index (κ1) is 11.1. The van der Waals surface area contributed by atoms with Gasteiger partial charge >= 0.3 is 6.03 Å². The van der Waals surface area contributed by atoms with Gasteiger partial charge in [-0.3, -0.25) is 10.1 Å². The number of hydrogen-bond acceptors (Lipinski definition) is 2. The van der Waals surface area contributed by atoms with Crippen molar-refractivity contribution in [3.63, 3.8) is 0 Å². The lowest BCUT2D eigenvalue weighted by molar-refractivity contribution is -0.123. The molecule has 6 heteroatoms. The van der Waals surface area contributed by atoms with Crippen LogP contribution in [0.5, 0.6) is 0 Å². The highest BCUT2D eigenvalue weighted by atomic mass is 79.9. The van der Waals surface area contributed by atoms with Gasteiger partial charge in [0.2, 0.25) is 0 Å². The second-order valence-electron chi connectivity index (χ2n) is 3.66. The molecule has 1 heterocycles. The molecule has 4 nitrogen and oxygen atoms in total. The zero-order valence-electron chi connectivity index (χ0n) is 8.30. The zero-order valence-corrected chi connectivity index (χ0v) is 9.89. The van der Waals surface area contributed by atoms with E-state index in [1.54, 1.807) is 6.92 Å². The third-order valence-electron chi connectivity index (χ3n) is 2.54. The molecule has 0 aromatic heterocycles. The number of carbonyl (C=O) groups excluding carboxylic acids is 2. The van der Waals surface area contributed by atoms with E-state index in [9.17, 15) is 14.0 Å². The average molecular weight is 287 g/mol. The number of carbonyl (C=O) groups is 2. The zero-order chi connectivity index (χ0) is 11.9. The van der Waals surface area contributed by atoms with Crippen molar-refractivity contribution in [2.24, 2.45) is 0 Å². The fourth-order valence-electron chi connectivity index (χ4n) is 1.55. The summed E-state index contributed by atoms with van der Waals surface area (Å²) in [6.45, 7) is 1.56. The Morgan fingerprint density at radius 3 is 2.56 bits per heavy atom. The van der Waals surface area contributed by atoms with E-state index < -0.39 is 23.3 Å². The summed E-state index contributed by atoms with van der Waals surface area (Å²) in [5.74, 6) is -0.868. The fraction of sp³-hybridized carbons (Fsp3) is 0.200. The van der Waals surface area contributed by atoms with Gasteiger partial charge in [-0.05, 0) is 40.5 Å². The van der Waals surface area contributed by atoms with Crippen molar-refractivity contribution >= 4 is 27.9 Å². The Labute approximate surface area is 99.3 Å². The summed E-state index contributed by atoms with van der Waals surface area (Å²) in [7, 11) is 0. The number of hydrogen-bond donors (Lipinski definition) is 2. The van der Waals surface area contributed by atoms with E-state index in [-0.39, 0.29) is 4.47 Å². The second-order valence-corrected chi connectivity index (χ2v) is 4.52. The summed E-state index contributed by atoms with van der Waals surface area (Å²) in [5, 5.41) is 4.64. The molecule has 2 N–H and O–H groups in total. The molecule has 0 radical (unpaired) electrons. The van der Waals surface area contributed by atoms with Gasteiger partial charge in [-0.25, -0.2) is 9.18 Å². The van der Waals surface area contributed by atoms with Crippen LogP contribution in [0, 0.1) is 5.82 Å². The molecule has 1 aliphatic heterocycles. The SMILES string of the molecule is CC1(c2ccc(F)c(Br)c2)NC(=O)NC1=O. The summed E-state index contributed by atoms with van der Waals surface area (Å²) in [5.41, 5.74) is -0.628. The first-order valence-corrected chi connectivity index (χ1v) is 5.32. The van der Waals surface area contributed by atoms with Crippen molar-refractivity contribution in [1.82, 2.24) is 10.6 Å². The van der Waals surface area contributed by atoms with Crippen LogP contribution in [-0.2, 0) is 10.3 Å². The van der Waals surface area contributed by atoms with E-state index in [0.29, 0.717) is 5.56 Å². The second kappa shape index (κ2) is 3.55. The number of amides is 3. The Morgan fingerprint density at radius 1 is 1.38 bits per heavy atom. The quantitative estimate of drug-likeness (QED) is 0.771. The molecule has 1 unspecified atom stereocenters. The minimum absolute atomic E-state index is 0.250. The van der Waals surface area contributed by atoms with Crippen LogP contribution in [0.3, 0.4) is 0 Å². The van der Waals surface area contributed by atoms with Gasteiger partial charge in [0.15, 0.2) is 0 Å². The summed E-state index contributed by atoms with van der Waals surface area (Å²) < 4.78 is 13.3. The van der Waals surface area contributed by atoms with Gasteiger partial charge in [-0.15, -0.1) is 0 Å². The number of urea groups is 1. The van der Waals surface area contributed by atoms with Gasteiger partial charge < -0.3 is 5.32 Å². The standard InChI is InChI=1S/C10H8BrFN2O2/c1-10(8(15)13-9(16)14-10)5-2-3-7(12)6(11)4-5/h2-4H,1H3,(H2,13,14,15,16). The maximum atomic E-state index is 13.0. The first-order valence-electron chi connectivity index (χ1n) is 4.52. The molecule has 1 saturated heterocycles. The Bertz CT molecular complexity index is 492. The van der Waals surface area contributed by atoms with E-state index in [0.717, 1.165) is 0 Å². The maximum Gasteiger partial charge on any atom is 0.322 e. The van der Waals surface area contributed by atoms with E-state index in [4.69, 9.17) is 0 Å². The maximum absolute atomic E-state index is 13.0. The summed E-state index contributed by atoms with van der Waals surface area (Å²) in [6.07, 6.45) is 0. The third-order valence-corrected chi connectivity index (χ3v) is 3.15. The Kier molecular flexibility index (Phi) is 2.46. The van der Waals surface area contributed by atoms with E-state index >= 15 is 0 Å². The number of nitrogens with one attached hydrogen (secondary N) is 2. The van der Waals surface area contributed by atoms with Crippen molar-refractivity contribution < 1.29 is 14.0 Å². The number of imide groups is 1. The Morgan fingerprint density at radius 2 is 2.06 bits per heavy atom. The predicted molar refractivity (Wildman–Crippen MR) is 58.1 cm³/mol. The highest BCUT2D eigenvalue weighted by Crippen LogP contribution is 2.27. The molecule has 2 rings (SSSR count). The predicted octanol–water partition coefficient (Wildman–Crippen LogP) is 1.64. The van der Waals surface area contributed by atoms with Crippen LogP contribution in [0.1, 0.15) is 12.5 Å². The molecule has 0 bridgehead atoms. The van der Waals surface area contributed by atoms with Crippen molar-refractivity contribution in [3.05, 3.63) is 34.1 Å². The molecule has 0 saturated carbocycles. The molecule has 1 aromatic carbocycles. The molecule has 16 heavy (non-hydrogen) atoms. The van der Waals surface area contributed by atoms with Gasteiger partial charge in [-0.1, -0.05) is 6.07 Å². The van der Waals surface area contributed by atoms with Gasteiger partial charge in [0.25, 0.3) is 5.91 Å². The molecule has 3 amide bonds. The minimum Gasteiger partial charge on any atom is -0.320 e. The van der Waals surface area contributed by atoms with E-state index in [2.05, 4.69) is 26.6 Å². The number of benzene rings is 1. The molecular weight excluding hydrogens is 279 g/mol. The Hall–Kier alpha value is -1.43. The molecule has 1 aromatic rings. The monoisotopic (exact) mass is 286 g/mol. The summed E-state index contributed by atoms with van der Waals surface area (Å²) in [6, 6.07) is 3.63. The van der Waals surface area contributed by atoms with Crippen LogP contribution < -0.4 is 10.6 Å². The molecule has 0 aliphatic carbocycles. The van der Waals surface area contributed by atoms with Crippen LogP contribution >= 0.6 is 15.9 Å². The average Bonchev–Trinajstić information content (AvgIpc) is 2.46. The molecule has 1 fully saturated rings. The van der Waals surface area contributed by atoms with Crippen LogP contribution in [-0.4, -0.2) is 11.9 Å². The van der Waals surface area contributed by atoms with Gasteiger partial charge in [0.1, 0.15) is 11.4 Å². The summed E-state index contributed by atoms with van der Waals surface area (Å²) >= 11 is 3.03. The Balaban J connectivity index is 2.47. The van der Waals surface area contributed by atoms with Crippen LogP contribution in [0.4, 0.5) is 9.18 Å². The summed E-state index contributed by atoms with van der Waals surface area (Å²) in [4.78, 5) is 22.7. The van der Waals surface area contributed by atoms with Gasteiger partial charge in [-0.2, -0.15) is 0 Å². The molecule has 1 atom stereocenters. The van der Waals surface area contributed by atoms with Crippen LogP contribution in [0.2, 0.25) is 0 Å². The normalized spacial score (nSPS) is 24.2. The highest BCUT2D eigenvalue weighted by Gasteiger charge is 2.43. The highest BCUT2D eigenvalue weighted by molar-refractivity contribution is 9.10. The lowest BCUT2D eigenvalue weighted by Gasteiger charge is -2.21. The minimum atomic E-state index is -1.15.